The number of piperazine rings is 1. The van der Waals surface area contributed by atoms with E-state index in [0.717, 1.165) is 53.1 Å². The highest BCUT2D eigenvalue weighted by molar-refractivity contribution is 5.98. The molecular formula is C27H29N5O2. The van der Waals surface area contributed by atoms with Crippen molar-refractivity contribution >= 4 is 22.8 Å². The Morgan fingerprint density at radius 2 is 1.68 bits per heavy atom. The second-order valence-electron chi connectivity index (χ2n) is 8.62. The number of hydrogen-bond acceptors (Lipinski definition) is 6. The van der Waals surface area contributed by atoms with Crippen molar-refractivity contribution in [2.75, 3.05) is 31.1 Å². The van der Waals surface area contributed by atoms with Crippen LogP contribution >= 0.6 is 0 Å². The second kappa shape index (κ2) is 9.63. The lowest BCUT2D eigenvalue weighted by atomic mass is 10.1. The molecule has 1 amide bonds. The number of aromatic nitrogens is 3. The SMILES string of the molecule is CCCc1nc(N2CCN(C(=O)c3ccc(CC)cc3)CC2)c2c(-c3ccccc3)noc2n1. The molecule has 2 aromatic carbocycles. The number of carbonyl (C=O) groups is 1. The van der Waals surface area contributed by atoms with Gasteiger partial charge in [0.25, 0.3) is 11.6 Å². The van der Waals surface area contributed by atoms with Crippen LogP contribution in [0.3, 0.4) is 0 Å². The third-order valence-electron chi connectivity index (χ3n) is 6.36. The molecule has 0 bridgehead atoms. The Balaban J connectivity index is 1.42. The minimum absolute atomic E-state index is 0.0803. The molecule has 1 saturated heterocycles. The molecule has 174 valence electrons. The molecule has 0 saturated carbocycles. The topological polar surface area (TPSA) is 75.4 Å². The maximum atomic E-state index is 13.0. The Hall–Kier alpha value is -3.74. The zero-order valence-corrected chi connectivity index (χ0v) is 19.7. The van der Waals surface area contributed by atoms with E-state index in [2.05, 4.69) is 28.9 Å². The average Bonchev–Trinajstić information content (AvgIpc) is 3.33. The molecule has 3 heterocycles. The zero-order chi connectivity index (χ0) is 23.5. The van der Waals surface area contributed by atoms with E-state index in [4.69, 9.17) is 9.51 Å². The Bertz CT molecular complexity index is 1280. The lowest BCUT2D eigenvalue weighted by Crippen LogP contribution is -2.49. The van der Waals surface area contributed by atoms with E-state index in [0.29, 0.717) is 31.9 Å². The molecule has 0 unspecified atom stereocenters. The Morgan fingerprint density at radius 1 is 0.941 bits per heavy atom. The van der Waals surface area contributed by atoms with Gasteiger partial charge in [0.2, 0.25) is 0 Å². The van der Waals surface area contributed by atoms with Crippen LogP contribution in [-0.4, -0.2) is 52.1 Å². The summed E-state index contributed by atoms with van der Waals surface area (Å²) in [4.78, 5) is 26.8. The summed E-state index contributed by atoms with van der Waals surface area (Å²) in [6, 6.07) is 17.9. The predicted molar refractivity (Wildman–Crippen MR) is 133 cm³/mol. The summed E-state index contributed by atoms with van der Waals surface area (Å²) in [6.45, 7) is 6.88. The van der Waals surface area contributed by atoms with Gasteiger partial charge in [0.1, 0.15) is 22.7 Å². The molecule has 1 fully saturated rings. The summed E-state index contributed by atoms with van der Waals surface area (Å²) < 4.78 is 5.67. The first-order chi connectivity index (χ1) is 16.7. The van der Waals surface area contributed by atoms with Crippen molar-refractivity contribution in [3.05, 3.63) is 71.5 Å². The van der Waals surface area contributed by atoms with E-state index in [1.807, 2.05) is 59.5 Å². The Kier molecular flexibility index (Phi) is 6.25. The van der Waals surface area contributed by atoms with Gasteiger partial charge < -0.3 is 14.3 Å². The maximum Gasteiger partial charge on any atom is 0.263 e. The molecule has 0 aliphatic carbocycles. The molecule has 7 heteroatoms. The number of aryl methyl sites for hydroxylation is 2. The van der Waals surface area contributed by atoms with Gasteiger partial charge in [-0.25, -0.2) is 4.98 Å². The van der Waals surface area contributed by atoms with Crippen molar-refractivity contribution < 1.29 is 9.32 Å². The number of nitrogens with zero attached hydrogens (tertiary/aromatic N) is 5. The monoisotopic (exact) mass is 455 g/mol. The lowest BCUT2D eigenvalue weighted by Gasteiger charge is -2.35. The van der Waals surface area contributed by atoms with Crippen molar-refractivity contribution in [2.24, 2.45) is 0 Å². The first-order valence-corrected chi connectivity index (χ1v) is 12.0. The van der Waals surface area contributed by atoms with E-state index in [1.165, 1.54) is 5.56 Å². The predicted octanol–water partition coefficient (Wildman–Crippen LogP) is 4.76. The quantitative estimate of drug-likeness (QED) is 0.417. The number of benzene rings is 2. The minimum atomic E-state index is 0.0803. The Morgan fingerprint density at radius 3 is 2.35 bits per heavy atom. The van der Waals surface area contributed by atoms with Gasteiger partial charge in [-0.2, -0.15) is 4.98 Å². The van der Waals surface area contributed by atoms with E-state index < -0.39 is 0 Å². The smallest absolute Gasteiger partial charge is 0.263 e. The molecule has 0 N–H and O–H groups in total. The van der Waals surface area contributed by atoms with Crippen LogP contribution in [-0.2, 0) is 12.8 Å². The fourth-order valence-corrected chi connectivity index (χ4v) is 4.42. The van der Waals surface area contributed by atoms with E-state index >= 15 is 0 Å². The van der Waals surface area contributed by atoms with Crippen LogP contribution in [0, 0.1) is 0 Å². The summed E-state index contributed by atoms with van der Waals surface area (Å²) in [6.07, 6.45) is 2.69. The second-order valence-corrected chi connectivity index (χ2v) is 8.62. The van der Waals surface area contributed by atoms with Gasteiger partial charge in [0.15, 0.2) is 0 Å². The summed E-state index contributed by atoms with van der Waals surface area (Å²) >= 11 is 0. The molecule has 2 aromatic heterocycles. The van der Waals surface area contributed by atoms with Crippen molar-refractivity contribution in [2.45, 2.75) is 33.1 Å². The number of fused-ring (bicyclic) bond motifs is 1. The van der Waals surface area contributed by atoms with Crippen LogP contribution in [0.4, 0.5) is 5.82 Å². The number of anilines is 1. The third-order valence-corrected chi connectivity index (χ3v) is 6.36. The summed E-state index contributed by atoms with van der Waals surface area (Å²) in [5.41, 5.74) is 4.22. The minimum Gasteiger partial charge on any atom is -0.352 e. The van der Waals surface area contributed by atoms with Crippen molar-refractivity contribution in [1.82, 2.24) is 20.0 Å². The van der Waals surface area contributed by atoms with Crippen LogP contribution in [0.25, 0.3) is 22.4 Å². The van der Waals surface area contributed by atoms with Gasteiger partial charge >= 0.3 is 0 Å². The molecule has 4 aromatic rings. The van der Waals surface area contributed by atoms with Crippen LogP contribution in [0.1, 0.15) is 42.0 Å². The number of amides is 1. The van der Waals surface area contributed by atoms with Gasteiger partial charge in [0.05, 0.1) is 0 Å². The summed E-state index contributed by atoms with van der Waals surface area (Å²) in [5, 5.41) is 5.18. The molecule has 1 aliphatic heterocycles. The van der Waals surface area contributed by atoms with Crippen LogP contribution in [0.2, 0.25) is 0 Å². The summed E-state index contributed by atoms with van der Waals surface area (Å²) in [5.74, 6) is 1.68. The lowest BCUT2D eigenvalue weighted by molar-refractivity contribution is 0.0746. The fourth-order valence-electron chi connectivity index (χ4n) is 4.42. The molecule has 5 rings (SSSR count). The highest BCUT2D eigenvalue weighted by atomic mass is 16.5. The van der Waals surface area contributed by atoms with E-state index in [1.54, 1.807) is 0 Å². The first-order valence-electron chi connectivity index (χ1n) is 12.0. The number of rotatable bonds is 6. The molecule has 1 aliphatic rings. The molecular weight excluding hydrogens is 426 g/mol. The van der Waals surface area contributed by atoms with Crippen LogP contribution in [0.5, 0.6) is 0 Å². The maximum absolute atomic E-state index is 13.0. The van der Waals surface area contributed by atoms with Crippen molar-refractivity contribution in [1.29, 1.82) is 0 Å². The van der Waals surface area contributed by atoms with E-state index in [9.17, 15) is 4.79 Å². The fraction of sp³-hybridized carbons (Fsp3) is 0.333. The highest BCUT2D eigenvalue weighted by Crippen LogP contribution is 2.34. The van der Waals surface area contributed by atoms with Gasteiger partial charge in [-0.1, -0.05) is 61.5 Å². The van der Waals surface area contributed by atoms with Gasteiger partial charge in [0, 0.05) is 43.7 Å². The van der Waals surface area contributed by atoms with Crippen molar-refractivity contribution in [3.63, 3.8) is 0 Å². The van der Waals surface area contributed by atoms with Gasteiger partial charge in [-0.05, 0) is 30.5 Å². The molecule has 0 atom stereocenters. The average molecular weight is 456 g/mol. The molecule has 0 spiro atoms. The largest absolute Gasteiger partial charge is 0.352 e. The molecule has 34 heavy (non-hydrogen) atoms. The first kappa shape index (κ1) is 22.1. The van der Waals surface area contributed by atoms with Crippen LogP contribution < -0.4 is 4.90 Å². The number of hydrogen-bond donors (Lipinski definition) is 0. The van der Waals surface area contributed by atoms with Crippen molar-refractivity contribution in [3.8, 4) is 11.3 Å². The standard InChI is InChI=1S/C27H29N5O2/c1-3-8-22-28-25(23-24(30-34-26(23)29-22)20-9-6-5-7-10-20)31-15-17-32(18-16-31)27(33)21-13-11-19(4-2)12-14-21/h5-7,9-14H,3-4,8,15-18H2,1-2H3. The Labute approximate surface area is 199 Å². The van der Waals surface area contributed by atoms with E-state index in [-0.39, 0.29) is 5.91 Å². The third kappa shape index (κ3) is 4.25. The van der Waals surface area contributed by atoms with Gasteiger partial charge in [-0.15, -0.1) is 0 Å². The van der Waals surface area contributed by atoms with Gasteiger partial charge in [-0.3, -0.25) is 4.79 Å². The normalized spacial score (nSPS) is 14.1. The molecule has 0 radical (unpaired) electrons. The number of carbonyl (C=O) groups excluding carboxylic acids is 1. The zero-order valence-electron chi connectivity index (χ0n) is 19.7. The molecule has 7 nitrogen and oxygen atoms in total. The van der Waals surface area contributed by atoms with Crippen LogP contribution in [0.15, 0.2) is 59.1 Å². The summed E-state index contributed by atoms with van der Waals surface area (Å²) in [7, 11) is 0. The highest BCUT2D eigenvalue weighted by Gasteiger charge is 2.27.